The number of imidazole rings is 1. The second-order valence-electron chi connectivity index (χ2n) is 6.69. The van der Waals surface area contributed by atoms with Crippen LogP contribution in [-0.4, -0.2) is 71.8 Å². The number of hydrogen-bond donors (Lipinski definition) is 1. The minimum absolute atomic E-state index is 0.0240. The zero-order valence-corrected chi connectivity index (χ0v) is 14.5. The maximum Gasteiger partial charge on any atom is 0.260 e. The molecule has 0 saturated carbocycles. The number of carbonyl (C=O) groups is 1. The van der Waals surface area contributed by atoms with Gasteiger partial charge in [-0.15, -0.1) is 0 Å². The first-order valence-electron chi connectivity index (χ1n) is 8.62. The lowest BCUT2D eigenvalue weighted by atomic mass is 10.1. The Labute approximate surface area is 141 Å². The largest absolute Gasteiger partial charge is 0.336 e. The van der Waals surface area contributed by atoms with Crippen molar-refractivity contribution in [2.24, 2.45) is 0 Å². The van der Waals surface area contributed by atoms with Crippen LogP contribution < -0.4 is 5.32 Å². The van der Waals surface area contributed by atoms with Gasteiger partial charge in [0, 0.05) is 45.2 Å². The van der Waals surface area contributed by atoms with E-state index in [-0.39, 0.29) is 11.9 Å². The van der Waals surface area contributed by atoms with Crippen molar-refractivity contribution in [3.05, 3.63) is 12.0 Å². The number of nitrogens with one attached hydrogen (secondary N) is 1. The molecule has 8 nitrogen and oxygen atoms in total. The third-order valence-electron chi connectivity index (χ3n) is 5.21. The highest BCUT2D eigenvalue weighted by Gasteiger charge is 2.37. The molecule has 3 aliphatic heterocycles. The van der Waals surface area contributed by atoms with Crippen molar-refractivity contribution in [2.75, 3.05) is 32.7 Å². The molecule has 24 heavy (non-hydrogen) atoms. The normalized spacial score (nSPS) is 25.9. The monoisotopic (exact) mass is 353 g/mol. The minimum atomic E-state index is -3.55. The molecule has 1 aromatic heterocycles. The summed E-state index contributed by atoms with van der Waals surface area (Å²) in [5, 5.41) is 3.37. The Bertz CT molecular complexity index is 744. The molecule has 4 heterocycles. The first kappa shape index (κ1) is 16.0. The molecule has 132 valence electrons. The van der Waals surface area contributed by atoms with Crippen LogP contribution in [0.15, 0.2) is 11.2 Å². The summed E-state index contributed by atoms with van der Waals surface area (Å²) < 4.78 is 29.5. The lowest BCUT2D eigenvalue weighted by Crippen LogP contribution is -2.57. The van der Waals surface area contributed by atoms with E-state index in [1.54, 1.807) is 4.31 Å². The van der Waals surface area contributed by atoms with Gasteiger partial charge in [0.1, 0.15) is 5.82 Å². The maximum absolute atomic E-state index is 13.1. The summed E-state index contributed by atoms with van der Waals surface area (Å²) in [4.78, 5) is 18.2. The summed E-state index contributed by atoms with van der Waals surface area (Å²) in [6.07, 6.45) is 4.92. The van der Waals surface area contributed by atoms with E-state index in [1.165, 1.54) is 6.20 Å². The molecule has 2 fully saturated rings. The molecule has 0 aliphatic carbocycles. The molecular formula is C15H23N5O3S. The van der Waals surface area contributed by atoms with E-state index in [0.29, 0.717) is 31.2 Å². The van der Waals surface area contributed by atoms with Crippen molar-refractivity contribution in [1.82, 2.24) is 24.1 Å². The van der Waals surface area contributed by atoms with E-state index in [4.69, 9.17) is 0 Å². The Morgan fingerprint density at radius 2 is 2.08 bits per heavy atom. The zero-order chi connectivity index (χ0) is 16.7. The number of rotatable bonds is 3. The van der Waals surface area contributed by atoms with Gasteiger partial charge in [-0.2, -0.15) is 4.31 Å². The van der Waals surface area contributed by atoms with Crippen LogP contribution in [-0.2, 0) is 27.8 Å². The molecule has 0 aromatic carbocycles. The molecule has 2 saturated heterocycles. The number of nitrogens with zero attached hydrogens (tertiary/aromatic N) is 4. The fourth-order valence-corrected chi connectivity index (χ4v) is 5.63. The van der Waals surface area contributed by atoms with Crippen molar-refractivity contribution >= 4 is 15.9 Å². The maximum atomic E-state index is 13.1. The van der Waals surface area contributed by atoms with Crippen LogP contribution in [0.25, 0.3) is 0 Å². The molecule has 3 aliphatic rings. The van der Waals surface area contributed by atoms with Crippen LogP contribution in [0.5, 0.6) is 0 Å². The Hall–Kier alpha value is -1.45. The highest BCUT2D eigenvalue weighted by molar-refractivity contribution is 7.89. The van der Waals surface area contributed by atoms with Crippen LogP contribution in [0.3, 0.4) is 0 Å². The van der Waals surface area contributed by atoms with Gasteiger partial charge in [-0.3, -0.25) is 4.79 Å². The quantitative estimate of drug-likeness (QED) is 0.785. The molecular weight excluding hydrogens is 330 g/mol. The number of piperidine rings is 1. The fourth-order valence-electron chi connectivity index (χ4n) is 3.97. The molecule has 0 radical (unpaired) electrons. The average Bonchev–Trinajstić information content (AvgIpc) is 3.18. The van der Waals surface area contributed by atoms with Crippen molar-refractivity contribution in [3.8, 4) is 0 Å². The van der Waals surface area contributed by atoms with Gasteiger partial charge >= 0.3 is 0 Å². The van der Waals surface area contributed by atoms with Crippen LogP contribution >= 0.6 is 0 Å². The van der Waals surface area contributed by atoms with Crippen molar-refractivity contribution in [2.45, 2.75) is 43.3 Å². The minimum Gasteiger partial charge on any atom is -0.336 e. The second-order valence-corrected chi connectivity index (χ2v) is 8.58. The molecule has 1 amide bonds. The zero-order valence-electron chi connectivity index (χ0n) is 13.6. The molecule has 0 unspecified atom stereocenters. The predicted molar refractivity (Wildman–Crippen MR) is 86.9 cm³/mol. The number of carbonyl (C=O) groups excluding carboxylic acids is 1. The topological polar surface area (TPSA) is 87.5 Å². The van der Waals surface area contributed by atoms with E-state index < -0.39 is 10.0 Å². The Morgan fingerprint density at radius 3 is 2.92 bits per heavy atom. The fraction of sp³-hybridized carbons (Fsp3) is 0.733. The summed E-state index contributed by atoms with van der Waals surface area (Å²) in [7, 11) is -3.55. The van der Waals surface area contributed by atoms with Crippen LogP contribution in [0.1, 0.15) is 25.1 Å². The number of piperazine rings is 1. The van der Waals surface area contributed by atoms with Crippen molar-refractivity contribution in [3.63, 3.8) is 0 Å². The second kappa shape index (κ2) is 6.12. The van der Waals surface area contributed by atoms with Crippen molar-refractivity contribution in [1.29, 1.82) is 0 Å². The number of amides is 1. The molecule has 1 N–H and O–H groups in total. The van der Waals surface area contributed by atoms with Crippen LogP contribution in [0, 0.1) is 0 Å². The number of hydrogen-bond acceptors (Lipinski definition) is 5. The number of sulfonamides is 1. The van der Waals surface area contributed by atoms with Gasteiger partial charge in [-0.1, -0.05) is 0 Å². The lowest BCUT2D eigenvalue weighted by molar-refractivity contribution is -0.135. The van der Waals surface area contributed by atoms with Gasteiger partial charge < -0.3 is 14.8 Å². The van der Waals surface area contributed by atoms with Gasteiger partial charge in [-0.05, 0) is 19.3 Å². The molecule has 0 bridgehead atoms. The summed E-state index contributed by atoms with van der Waals surface area (Å²) in [6.45, 7) is 3.38. The average molecular weight is 353 g/mol. The van der Waals surface area contributed by atoms with Crippen LogP contribution in [0.2, 0.25) is 0 Å². The number of aromatic nitrogens is 2. The Morgan fingerprint density at radius 1 is 1.21 bits per heavy atom. The molecule has 0 spiro atoms. The lowest BCUT2D eigenvalue weighted by Gasteiger charge is -2.40. The summed E-state index contributed by atoms with van der Waals surface area (Å²) in [5.74, 6) is 0.926. The Balaban J connectivity index is 1.56. The van der Waals surface area contributed by atoms with E-state index in [2.05, 4.69) is 10.3 Å². The van der Waals surface area contributed by atoms with E-state index in [1.807, 2.05) is 9.47 Å². The van der Waals surface area contributed by atoms with Gasteiger partial charge in [0.15, 0.2) is 5.03 Å². The molecule has 9 heteroatoms. The van der Waals surface area contributed by atoms with Crippen molar-refractivity contribution < 1.29 is 13.2 Å². The third-order valence-corrected chi connectivity index (χ3v) is 7.08. The van der Waals surface area contributed by atoms with E-state index in [0.717, 1.165) is 44.6 Å². The molecule has 1 atom stereocenters. The SMILES string of the molecule is O=C1CNCCN1[C@@H]1CCCN(S(=O)(=O)c2cnc3n2CCC3)C1. The first-order valence-corrected chi connectivity index (χ1v) is 10.1. The van der Waals surface area contributed by atoms with Gasteiger partial charge in [0.05, 0.1) is 12.7 Å². The van der Waals surface area contributed by atoms with Crippen LogP contribution in [0.4, 0.5) is 0 Å². The van der Waals surface area contributed by atoms with Gasteiger partial charge in [0.2, 0.25) is 5.91 Å². The first-order chi connectivity index (χ1) is 11.6. The third kappa shape index (κ3) is 2.64. The van der Waals surface area contributed by atoms with E-state index >= 15 is 0 Å². The van der Waals surface area contributed by atoms with Gasteiger partial charge in [0.25, 0.3) is 10.0 Å². The van der Waals surface area contributed by atoms with E-state index in [9.17, 15) is 13.2 Å². The molecule has 4 rings (SSSR count). The summed E-state index contributed by atoms with van der Waals surface area (Å²) in [5.41, 5.74) is 0. The smallest absolute Gasteiger partial charge is 0.260 e. The highest BCUT2D eigenvalue weighted by atomic mass is 32.2. The summed E-state index contributed by atoms with van der Waals surface area (Å²) in [6, 6.07) is -0.0240. The molecule has 1 aromatic rings. The standard InChI is InChI=1S/C15H23N5O3S/c21-14-9-16-5-8-19(14)12-3-1-6-18(11-12)24(22,23)15-10-17-13-4-2-7-20(13)15/h10,12,16H,1-9,11H2/t12-/m1/s1. The number of fused-ring (bicyclic) bond motifs is 1. The van der Waals surface area contributed by atoms with Gasteiger partial charge in [-0.25, -0.2) is 13.4 Å². The highest BCUT2D eigenvalue weighted by Crippen LogP contribution is 2.26. The number of aryl methyl sites for hydroxylation is 1. The summed E-state index contributed by atoms with van der Waals surface area (Å²) >= 11 is 0. The Kier molecular flexibility index (Phi) is 4.09. The predicted octanol–water partition coefficient (Wildman–Crippen LogP) is -0.586.